The molecule has 0 bridgehead atoms. The molecule has 0 rings (SSSR count). The first kappa shape index (κ1) is 18.7. The highest BCUT2D eigenvalue weighted by molar-refractivity contribution is 5.80. The van der Waals surface area contributed by atoms with Gasteiger partial charge in [-0.1, -0.05) is 6.92 Å². The standard InChI is InChI=1S/C13H29N5O2/c1-4-11(3)17-12(19)7-9-16-13(18-14)15-8-6-10-20-5-2/h11H,4-10,14H2,1-3H3,(H,17,19)(H2,15,16,18). The number of ether oxygens (including phenoxy) is 1. The maximum atomic E-state index is 11.6. The van der Waals surface area contributed by atoms with Gasteiger partial charge in [0.2, 0.25) is 11.9 Å². The van der Waals surface area contributed by atoms with E-state index in [0.717, 1.165) is 19.4 Å². The van der Waals surface area contributed by atoms with Crippen LogP contribution >= 0.6 is 0 Å². The molecular weight excluding hydrogens is 258 g/mol. The molecule has 0 aliphatic carbocycles. The lowest BCUT2D eigenvalue weighted by molar-refractivity contribution is -0.121. The molecular formula is C13H29N5O2. The first-order chi connectivity index (χ1) is 9.63. The lowest BCUT2D eigenvalue weighted by Gasteiger charge is -2.12. The molecule has 118 valence electrons. The maximum absolute atomic E-state index is 11.6. The van der Waals surface area contributed by atoms with Crippen LogP contribution in [0, 0.1) is 0 Å². The van der Waals surface area contributed by atoms with Crippen molar-refractivity contribution in [2.45, 2.75) is 46.1 Å². The number of nitrogens with zero attached hydrogens (tertiary/aromatic N) is 1. The Morgan fingerprint density at radius 3 is 2.75 bits per heavy atom. The molecule has 0 heterocycles. The van der Waals surface area contributed by atoms with E-state index in [4.69, 9.17) is 10.6 Å². The van der Waals surface area contributed by atoms with Crippen molar-refractivity contribution in [2.75, 3.05) is 26.3 Å². The Bertz CT molecular complexity index is 284. The third-order valence-corrected chi connectivity index (χ3v) is 2.72. The molecule has 5 N–H and O–H groups in total. The summed E-state index contributed by atoms with van der Waals surface area (Å²) in [5.41, 5.74) is 2.49. The Morgan fingerprint density at radius 1 is 1.40 bits per heavy atom. The molecule has 1 atom stereocenters. The minimum absolute atomic E-state index is 0.0274. The summed E-state index contributed by atoms with van der Waals surface area (Å²) in [6.07, 6.45) is 2.16. The summed E-state index contributed by atoms with van der Waals surface area (Å²) >= 11 is 0. The molecule has 0 radical (unpaired) electrons. The highest BCUT2D eigenvalue weighted by Gasteiger charge is 2.05. The van der Waals surface area contributed by atoms with Crippen LogP contribution in [-0.2, 0) is 9.53 Å². The number of nitrogens with two attached hydrogens (primary N) is 1. The quantitative estimate of drug-likeness (QED) is 0.150. The van der Waals surface area contributed by atoms with Crippen LogP contribution in [-0.4, -0.2) is 44.2 Å². The third kappa shape index (κ3) is 10.6. The average molecular weight is 287 g/mol. The van der Waals surface area contributed by atoms with Gasteiger partial charge in [0.15, 0.2) is 0 Å². The molecule has 0 aliphatic rings. The number of hydrogen-bond acceptors (Lipinski definition) is 4. The minimum atomic E-state index is 0.0274. The number of rotatable bonds is 10. The normalized spacial score (nSPS) is 12.9. The Labute approximate surface area is 121 Å². The van der Waals surface area contributed by atoms with Crippen LogP contribution in [0.1, 0.15) is 40.0 Å². The van der Waals surface area contributed by atoms with Crippen molar-refractivity contribution in [3.63, 3.8) is 0 Å². The second-order valence-electron chi connectivity index (χ2n) is 4.48. The largest absolute Gasteiger partial charge is 0.382 e. The summed E-state index contributed by atoms with van der Waals surface area (Å²) in [5, 5.41) is 5.90. The molecule has 0 saturated heterocycles. The summed E-state index contributed by atoms with van der Waals surface area (Å²) in [4.78, 5) is 15.8. The number of hydrogen-bond donors (Lipinski definition) is 4. The van der Waals surface area contributed by atoms with Crippen molar-refractivity contribution in [3.8, 4) is 0 Å². The van der Waals surface area contributed by atoms with Crippen LogP contribution in [0.3, 0.4) is 0 Å². The summed E-state index contributed by atoms with van der Waals surface area (Å²) in [5.74, 6) is 5.88. The number of guanidine groups is 1. The van der Waals surface area contributed by atoms with E-state index in [1.807, 2.05) is 20.8 Å². The lowest BCUT2D eigenvalue weighted by atomic mass is 10.2. The van der Waals surface area contributed by atoms with E-state index in [1.165, 1.54) is 0 Å². The molecule has 20 heavy (non-hydrogen) atoms. The average Bonchev–Trinajstić information content (AvgIpc) is 2.44. The SMILES string of the molecule is CCOCCCN=C(NN)NCCC(=O)NC(C)CC. The first-order valence-electron chi connectivity index (χ1n) is 7.26. The van der Waals surface area contributed by atoms with Crippen LogP contribution in [0.25, 0.3) is 0 Å². The number of hydrazine groups is 1. The highest BCUT2D eigenvalue weighted by Crippen LogP contribution is 1.89. The van der Waals surface area contributed by atoms with Gasteiger partial charge in [0.1, 0.15) is 0 Å². The van der Waals surface area contributed by atoms with E-state index in [9.17, 15) is 4.79 Å². The van der Waals surface area contributed by atoms with Crippen molar-refractivity contribution in [1.82, 2.24) is 16.1 Å². The molecule has 7 nitrogen and oxygen atoms in total. The number of aliphatic imine (C=N–C) groups is 1. The van der Waals surface area contributed by atoms with Crippen molar-refractivity contribution in [3.05, 3.63) is 0 Å². The molecule has 0 spiro atoms. The summed E-state index contributed by atoms with van der Waals surface area (Å²) < 4.78 is 5.21. The van der Waals surface area contributed by atoms with Gasteiger partial charge in [-0.2, -0.15) is 0 Å². The van der Waals surface area contributed by atoms with Crippen LogP contribution in [0.5, 0.6) is 0 Å². The van der Waals surface area contributed by atoms with Crippen molar-refractivity contribution < 1.29 is 9.53 Å². The van der Waals surface area contributed by atoms with Gasteiger partial charge >= 0.3 is 0 Å². The van der Waals surface area contributed by atoms with Gasteiger partial charge in [0.25, 0.3) is 0 Å². The number of carbonyl (C=O) groups is 1. The van der Waals surface area contributed by atoms with E-state index in [0.29, 0.717) is 32.1 Å². The molecule has 1 amide bonds. The van der Waals surface area contributed by atoms with E-state index in [2.05, 4.69) is 21.1 Å². The second-order valence-corrected chi connectivity index (χ2v) is 4.48. The predicted octanol–water partition coefficient (Wildman–Crippen LogP) is 0.127. The molecule has 0 fully saturated rings. The Balaban J connectivity index is 3.77. The fourth-order valence-corrected chi connectivity index (χ4v) is 1.40. The smallest absolute Gasteiger partial charge is 0.221 e. The number of carbonyl (C=O) groups excluding carboxylic acids is 1. The third-order valence-electron chi connectivity index (χ3n) is 2.72. The van der Waals surface area contributed by atoms with Gasteiger partial charge in [0.05, 0.1) is 0 Å². The summed E-state index contributed by atoms with van der Waals surface area (Å²) in [6.45, 7) is 8.52. The number of nitrogens with one attached hydrogen (secondary N) is 3. The van der Waals surface area contributed by atoms with Gasteiger partial charge in [0, 0.05) is 38.8 Å². The van der Waals surface area contributed by atoms with E-state index >= 15 is 0 Å². The summed E-state index contributed by atoms with van der Waals surface area (Å²) in [6, 6.07) is 0.210. The fourth-order valence-electron chi connectivity index (χ4n) is 1.40. The Hall–Kier alpha value is -1.34. The van der Waals surface area contributed by atoms with Crippen LogP contribution in [0.15, 0.2) is 4.99 Å². The molecule has 0 aromatic rings. The molecule has 0 aromatic heterocycles. The minimum Gasteiger partial charge on any atom is -0.382 e. The summed E-state index contributed by atoms with van der Waals surface area (Å²) in [7, 11) is 0. The maximum Gasteiger partial charge on any atom is 0.221 e. The highest BCUT2D eigenvalue weighted by atomic mass is 16.5. The van der Waals surface area contributed by atoms with Gasteiger partial charge in [-0.3, -0.25) is 15.2 Å². The van der Waals surface area contributed by atoms with Crippen LogP contribution < -0.4 is 21.9 Å². The van der Waals surface area contributed by atoms with Gasteiger partial charge < -0.3 is 15.4 Å². The Kier molecular flexibility index (Phi) is 11.8. The van der Waals surface area contributed by atoms with Crippen LogP contribution in [0.2, 0.25) is 0 Å². The zero-order valence-corrected chi connectivity index (χ0v) is 12.9. The second kappa shape index (κ2) is 12.7. The fraction of sp³-hybridized carbons (Fsp3) is 0.846. The lowest BCUT2D eigenvalue weighted by Crippen LogP contribution is -2.43. The molecule has 7 heteroatoms. The van der Waals surface area contributed by atoms with Crippen molar-refractivity contribution in [1.29, 1.82) is 0 Å². The molecule has 0 aliphatic heterocycles. The number of amides is 1. The van der Waals surface area contributed by atoms with Crippen molar-refractivity contribution in [2.24, 2.45) is 10.8 Å². The molecule has 0 aromatic carbocycles. The zero-order chi connectivity index (χ0) is 15.2. The van der Waals surface area contributed by atoms with Gasteiger partial charge in [-0.25, -0.2) is 5.84 Å². The predicted molar refractivity (Wildman–Crippen MR) is 81.3 cm³/mol. The van der Waals surface area contributed by atoms with Crippen molar-refractivity contribution >= 4 is 11.9 Å². The van der Waals surface area contributed by atoms with Gasteiger partial charge in [-0.15, -0.1) is 0 Å². The van der Waals surface area contributed by atoms with Gasteiger partial charge in [-0.05, 0) is 26.7 Å². The zero-order valence-electron chi connectivity index (χ0n) is 12.9. The van der Waals surface area contributed by atoms with Crippen LogP contribution in [0.4, 0.5) is 0 Å². The Morgan fingerprint density at radius 2 is 2.15 bits per heavy atom. The van der Waals surface area contributed by atoms with E-state index in [-0.39, 0.29) is 11.9 Å². The molecule has 1 unspecified atom stereocenters. The molecule has 0 saturated carbocycles. The first-order valence-corrected chi connectivity index (χ1v) is 7.26. The van der Waals surface area contributed by atoms with E-state index < -0.39 is 0 Å². The monoisotopic (exact) mass is 287 g/mol. The van der Waals surface area contributed by atoms with E-state index in [1.54, 1.807) is 0 Å². The topological polar surface area (TPSA) is 101 Å².